The number of para-hydroxylation sites is 1. The van der Waals surface area contributed by atoms with Crippen molar-refractivity contribution >= 4 is 40.8 Å². The minimum Gasteiger partial charge on any atom is -0.457 e. The highest BCUT2D eigenvalue weighted by molar-refractivity contribution is 8.00. The molecular formula is C19H18N2O6S. The number of amides is 1. The highest BCUT2D eigenvalue weighted by atomic mass is 32.2. The largest absolute Gasteiger partial charge is 0.457 e. The minimum absolute atomic E-state index is 0.0911. The number of nitrogens with zero attached hydrogens (tertiary/aromatic N) is 1. The normalized spacial score (nSPS) is 10.2. The van der Waals surface area contributed by atoms with Crippen LogP contribution in [0, 0.1) is 10.1 Å². The van der Waals surface area contributed by atoms with Crippen molar-refractivity contribution in [1.29, 1.82) is 0 Å². The Kier molecular flexibility index (Phi) is 7.70. The summed E-state index contributed by atoms with van der Waals surface area (Å²) < 4.78 is 4.94. The lowest BCUT2D eigenvalue weighted by Crippen LogP contribution is -2.16. The first-order chi connectivity index (χ1) is 13.4. The molecule has 2 aromatic rings. The second kappa shape index (κ2) is 10.2. The third-order valence-corrected chi connectivity index (χ3v) is 4.62. The molecule has 0 heterocycles. The second-order valence-corrected chi connectivity index (χ2v) is 6.59. The fraction of sp³-hybridized carbons (Fsp3) is 0.211. The van der Waals surface area contributed by atoms with Gasteiger partial charge in [0.15, 0.2) is 12.4 Å². The third kappa shape index (κ3) is 6.20. The molecule has 0 fully saturated rings. The van der Waals surface area contributed by atoms with Gasteiger partial charge in [-0.05, 0) is 30.3 Å². The molecule has 2 rings (SSSR count). The van der Waals surface area contributed by atoms with Gasteiger partial charge in [0, 0.05) is 23.7 Å². The molecule has 0 spiro atoms. The molecule has 146 valence electrons. The van der Waals surface area contributed by atoms with E-state index in [9.17, 15) is 24.5 Å². The first-order valence-electron chi connectivity index (χ1n) is 8.35. The van der Waals surface area contributed by atoms with Crippen molar-refractivity contribution in [2.45, 2.75) is 18.2 Å². The van der Waals surface area contributed by atoms with Gasteiger partial charge >= 0.3 is 5.97 Å². The summed E-state index contributed by atoms with van der Waals surface area (Å²) in [6.45, 7) is 1.30. The van der Waals surface area contributed by atoms with Crippen LogP contribution in [-0.2, 0) is 14.3 Å². The molecule has 28 heavy (non-hydrogen) atoms. The van der Waals surface area contributed by atoms with E-state index in [1.807, 2.05) is 0 Å². The number of nitrogens with one attached hydrogen (secondary N) is 1. The van der Waals surface area contributed by atoms with E-state index in [2.05, 4.69) is 5.32 Å². The summed E-state index contributed by atoms with van der Waals surface area (Å²) in [6.07, 6.45) is 0.348. The number of ether oxygens (including phenoxy) is 1. The molecule has 1 N–H and O–H groups in total. The number of hydrogen-bond acceptors (Lipinski definition) is 7. The van der Waals surface area contributed by atoms with Crippen molar-refractivity contribution in [2.75, 3.05) is 17.7 Å². The van der Waals surface area contributed by atoms with E-state index in [4.69, 9.17) is 4.74 Å². The minimum atomic E-state index is -0.650. The van der Waals surface area contributed by atoms with Crippen LogP contribution in [0.1, 0.15) is 23.7 Å². The molecule has 0 aliphatic heterocycles. The van der Waals surface area contributed by atoms with Crippen LogP contribution in [0.2, 0.25) is 0 Å². The molecule has 9 heteroatoms. The SMILES string of the molecule is CCC(=O)Nc1ccc(C(=O)COC(=O)CSc2ccccc2[N+](=O)[O-])cc1. The molecule has 0 aromatic heterocycles. The first-order valence-corrected chi connectivity index (χ1v) is 9.34. The van der Waals surface area contributed by atoms with E-state index in [-0.39, 0.29) is 17.3 Å². The maximum Gasteiger partial charge on any atom is 0.316 e. The standard InChI is InChI=1S/C19H18N2O6S/c1-2-18(23)20-14-9-7-13(8-10-14)16(22)11-27-19(24)12-28-17-6-4-3-5-15(17)21(25)26/h3-10H,2,11-12H2,1H3,(H,20,23). The van der Waals surface area contributed by atoms with Gasteiger partial charge in [0.05, 0.1) is 15.6 Å². The van der Waals surface area contributed by atoms with Crippen LogP contribution < -0.4 is 5.32 Å². The number of hydrogen-bond donors (Lipinski definition) is 1. The summed E-state index contributed by atoms with van der Waals surface area (Å²) in [6, 6.07) is 12.3. The fourth-order valence-corrected chi connectivity index (χ4v) is 2.95. The van der Waals surface area contributed by atoms with Crippen LogP contribution in [0.3, 0.4) is 0 Å². The number of thioether (sulfide) groups is 1. The van der Waals surface area contributed by atoms with Gasteiger partial charge in [-0.2, -0.15) is 0 Å². The molecule has 0 atom stereocenters. The maximum absolute atomic E-state index is 12.1. The number of anilines is 1. The number of nitro benzene ring substituents is 1. The van der Waals surface area contributed by atoms with Gasteiger partial charge in [-0.15, -0.1) is 11.8 Å². The van der Waals surface area contributed by atoms with Gasteiger partial charge in [-0.25, -0.2) is 0 Å². The Morgan fingerprint density at radius 3 is 2.43 bits per heavy atom. The monoisotopic (exact) mass is 402 g/mol. The number of nitro groups is 1. The zero-order valence-electron chi connectivity index (χ0n) is 15.0. The van der Waals surface area contributed by atoms with Crippen molar-refractivity contribution in [3.63, 3.8) is 0 Å². The summed E-state index contributed by atoms with van der Waals surface area (Å²) >= 11 is 0.973. The lowest BCUT2D eigenvalue weighted by atomic mass is 10.1. The molecule has 0 aliphatic rings. The quantitative estimate of drug-likeness (QED) is 0.224. The number of esters is 1. The summed E-state index contributed by atoms with van der Waals surface area (Å²) in [5, 5.41) is 13.6. The topological polar surface area (TPSA) is 116 Å². The van der Waals surface area contributed by atoms with E-state index in [1.165, 1.54) is 24.3 Å². The number of benzene rings is 2. The van der Waals surface area contributed by atoms with Crippen LogP contribution in [0.4, 0.5) is 11.4 Å². The molecule has 0 aliphatic carbocycles. The van der Waals surface area contributed by atoms with Crippen molar-refractivity contribution in [1.82, 2.24) is 0 Å². The van der Waals surface area contributed by atoms with E-state index in [1.54, 1.807) is 31.2 Å². The van der Waals surface area contributed by atoms with Crippen LogP contribution in [0.5, 0.6) is 0 Å². The molecule has 0 bridgehead atoms. The Morgan fingerprint density at radius 1 is 1.11 bits per heavy atom. The Hall–Kier alpha value is -3.20. The average Bonchev–Trinajstić information content (AvgIpc) is 2.71. The summed E-state index contributed by atoms with van der Waals surface area (Å²) in [7, 11) is 0. The Morgan fingerprint density at radius 2 is 1.79 bits per heavy atom. The van der Waals surface area contributed by atoms with E-state index >= 15 is 0 Å². The van der Waals surface area contributed by atoms with Gasteiger partial charge in [0.25, 0.3) is 5.69 Å². The summed E-state index contributed by atoms with van der Waals surface area (Å²) in [5.74, 6) is -1.33. The Balaban J connectivity index is 1.83. The predicted octanol–water partition coefficient (Wildman–Crippen LogP) is 3.46. The van der Waals surface area contributed by atoms with Crippen LogP contribution in [0.25, 0.3) is 0 Å². The third-order valence-electron chi connectivity index (χ3n) is 3.58. The van der Waals surface area contributed by atoms with Gasteiger partial charge in [-0.1, -0.05) is 19.1 Å². The lowest BCUT2D eigenvalue weighted by Gasteiger charge is -2.06. The molecule has 2 aromatic carbocycles. The first kappa shape index (κ1) is 21.1. The number of ketones is 1. The van der Waals surface area contributed by atoms with Crippen LogP contribution >= 0.6 is 11.8 Å². The molecule has 0 saturated heterocycles. The van der Waals surface area contributed by atoms with Crippen molar-refractivity contribution < 1.29 is 24.0 Å². The van der Waals surface area contributed by atoms with Crippen molar-refractivity contribution in [3.05, 3.63) is 64.2 Å². The smallest absolute Gasteiger partial charge is 0.316 e. The lowest BCUT2D eigenvalue weighted by molar-refractivity contribution is -0.387. The molecular weight excluding hydrogens is 384 g/mol. The number of Topliss-reactive ketones (excluding diaryl/α,β-unsaturated/α-hetero) is 1. The number of carbonyl (C=O) groups is 3. The highest BCUT2D eigenvalue weighted by Crippen LogP contribution is 2.28. The van der Waals surface area contributed by atoms with E-state index in [0.717, 1.165) is 11.8 Å². The zero-order chi connectivity index (χ0) is 20.5. The van der Waals surface area contributed by atoms with Crippen molar-refractivity contribution in [2.24, 2.45) is 0 Å². The van der Waals surface area contributed by atoms with Crippen LogP contribution in [-0.4, -0.2) is 34.9 Å². The number of rotatable bonds is 9. The van der Waals surface area contributed by atoms with Gasteiger partial charge in [-0.3, -0.25) is 24.5 Å². The highest BCUT2D eigenvalue weighted by Gasteiger charge is 2.16. The summed E-state index contributed by atoms with van der Waals surface area (Å²) in [5.41, 5.74) is 0.821. The maximum atomic E-state index is 12.1. The van der Waals surface area contributed by atoms with Gasteiger partial charge in [0.2, 0.25) is 5.91 Å². The number of carbonyl (C=O) groups excluding carboxylic acids is 3. The van der Waals surface area contributed by atoms with Crippen LogP contribution in [0.15, 0.2) is 53.4 Å². The van der Waals surface area contributed by atoms with E-state index in [0.29, 0.717) is 22.6 Å². The molecule has 8 nitrogen and oxygen atoms in total. The Labute approximate surface area is 165 Å². The van der Waals surface area contributed by atoms with Crippen molar-refractivity contribution in [3.8, 4) is 0 Å². The van der Waals surface area contributed by atoms with E-state index < -0.39 is 23.3 Å². The van der Waals surface area contributed by atoms with Gasteiger partial charge in [0.1, 0.15) is 0 Å². The fourth-order valence-electron chi connectivity index (χ4n) is 2.13. The molecule has 0 radical (unpaired) electrons. The summed E-state index contributed by atoms with van der Waals surface area (Å²) in [4.78, 5) is 46.0. The second-order valence-electron chi connectivity index (χ2n) is 5.58. The average molecular weight is 402 g/mol. The molecule has 0 saturated carbocycles. The molecule has 0 unspecified atom stereocenters. The zero-order valence-corrected chi connectivity index (χ0v) is 15.9. The Bertz CT molecular complexity index is 882. The molecule has 1 amide bonds. The van der Waals surface area contributed by atoms with Gasteiger partial charge < -0.3 is 10.1 Å². The predicted molar refractivity (Wildman–Crippen MR) is 104 cm³/mol.